The first-order chi connectivity index (χ1) is 42.3. The lowest BCUT2D eigenvalue weighted by atomic mass is 9.82. The van der Waals surface area contributed by atoms with E-state index in [-0.39, 0.29) is 36.2 Å². The third-order valence-corrected chi connectivity index (χ3v) is 17.2. The van der Waals surface area contributed by atoms with Crippen LogP contribution in [0.3, 0.4) is 0 Å². The van der Waals surface area contributed by atoms with Gasteiger partial charge >= 0.3 is 6.15 Å². The van der Waals surface area contributed by atoms with E-state index in [1.165, 1.54) is 62.5 Å². The number of hydroxylamine groups is 2. The molecule has 4 aliphatic rings. The van der Waals surface area contributed by atoms with Crippen molar-refractivity contribution in [3.8, 4) is 33.4 Å². The van der Waals surface area contributed by atoms with Gasteiger partial charge in [-0.15, -0.1) is 15.3 Å². The Labute approximate surface area is 528 Å². The van der Waals surface area contributed by atoms with Gasteiger partial charge in [-0.3, -0.25) is 9.59 Å². The van der Waals surface area contributed by atoms with Gasteiger partial charge in [-0.05, 0) is 169 Å². The molecule has 6 aromatic carbocycles. The molecule has 0 atom stereocenters. The van der Waals surface area contributed by atoms with Crippen LogP contribution in [0, 0.1) is 17.8 Å². The fourth-order valence-corrected chi connectivity index (χ4v) is 11.4. The van der Waals surface area contributed by atoms with Crippen LogP contribution < -0.4 is 11.1 Å². The Bertz CT molecular complexity index is 3790. The minimum absolute atomic E-state index is 0.0324. The molecular weight excluding hydrogens is 1180 g/mol. The highest BCUT2D eigenvalue weighted by Gasteiger charge is 2.40. The van der Waals surface area contributed by atoms with Gasteiger partial charge < -0.3 is 21.4 Å². The largest absolute Gasteiger partial charge is 0.392 e. The first kappa shape index (κ1) is 66.9. The maximum Gasteiger partial charge on any atom is 0.373 e. The Morgan fingerprint density at radius 1 is 0.614 bits per heavy atom. The molecule has 4 fully saturated rings. The predicted molar refractivity (Wildman–Crippen MR) is 346 cm³/mol. The number of aliphatic hydroxyl groups excluding tert-OH is 1. The van der Waals surface area contributed by atoms with Gasteiger partial charge in [0.25, 0.3) is 0 Å². The van der Waals surface area contributed by atoms with Crippen molar-refractivity contribution >= 4 is 86.1 Å². The number of carbonyl (C=O) groups excluding carboxylic acids is 4. The van der Waals surface area contributed by atoms with Gasteiger partial charge in [0.1, 0.15) is 28.6 Å². The van der Waals surface area contributed by atoms with E-state index in [2.05, 4.69) is 107 Å². The number of nitrogens with two attached hydrogens (primary N) is 1. The van der Waals surface area contributed by atoms with E-state index in [4.69, 9.17) is 55.2 Å². The van der Waals surface area contributed by atoms with E-state index in [1.807, 2.05) is 74.7 Å². The molecule has 1 aliphatic heterocycles. The molecule has 0 bridgehead atoms. The van der Waals surface area contributed by atoms with Crippen molar-refractivity contribution < 1.29 is 29.5 Å². The van der Waals surface area contributed by atoms with Crippen LogP contribution in [0.5, 0.6) is 0 Å². The second kappa shape index (κ2) is 30.9. The van der Waals surface area contributed by atoms with E-state index in [9.17, 15) is 14.8 Å². The number of nitrogens with one attached hydrogen (secondary N) is 1. The molecule has 5 N–H and O–H groups in total. The van der Waals surface area contributed by atoms with Crippen molar-refractivity contribution in [3.05, 3.63) is 141 Å². The molecule has 13 rings (SSSR count). The number of aliphatic hydroxyl groups is 1. The SMILES string of the molecule is CC(=O)CN.CC1(C)CCCC(C)(C)N1O.CCCNCc1ccc(-c2ccc3c(nnn3CC3CC3)c2Cl)cc1.O=C=O.O=Cc1ccc(-c2ccc3c(nnn3CC3CC3)c2Cl)cc1.OCc1ccc(-c2ccc3c(nnn3CC3CC3)c2Cl)cc1. The summed E-state index contributed by atoms with van der Waals surface area (Å²) in [7, 11) is 0. The number of carbonyl (C=O) groups is 2. The van der Waals surface area contributed by atoms with Crippen molar-refractivity contribution in [3.63, 3.8) is 0 Å². The number of halogens is 3. The van der Waals surface area contributed by atoms with Gasteiger partial charge in [0, 0.05) is 59.5 Å². The third kappa shape index (κ3) is 17.6. The number of benzene rings is 6. The predicted octanol–water partition coefficient (Wildman–Crippen LogP) is 13.7. The smallest absolute Gasteiger partial charge is 0.373 e. The Balaban J connectivity index is 0.000000150. The highest BCUT2D eigenvalue weighted by Crippen LogP contribution is 2.40. The summed E-state index contributed by atoms with van der Waals surface area (Å²) in [5, 5.41) is 51.4. The lowest BCUT2D eigenvalue weighted by molar-refractivity contribution is -0.241. The van der Waals surface area contributed by atoms with Crippen LogP contribution in [0.4, 0.5) is 0 Å². The highest BCUT2D eigenvalue weighted by molar-refractivity contribution is 6.38. The third-order valence-electron chi connectivity index (χ3n) is 16.1. The number of Topliss-reactive ketones (excluding diaryl/α,β-unsaturated/α-hetero) is 1. The summed E-state index contributed by atoms with van der Waals surface area (Å²) < 4.78 is 5.89. The lowest BCUT2D eigenvalue weighted by Crippen LogP contribution is -2.56. The molecule has 4 heterocycles. The van der Waals surface area contributed by atoms with E-state index in [0.717, 1.165) is 148 Å². The van der Waals surface area contributed by atoms with Crippen LogP contribution in [-0.4, -0.2) is 103 Å². The molecule has 0 amide bonds. The van der Waals surface area contributed by atoms with Gasteiger partial charge in [0.15, 0.2) is 0 Å². The van der Waals surface area contributed by atoms with Crippen molar-refractivity contribution in [2.24, 2.45) is 23.5 Å². The zero-order valence-electron chi connectivity index (χ0n) is 50.9. The van der Waals surface area contributed by atoms with E-state index in [1.54, 1.807) is 12.1 Å². The molecule has 9 aromatic rings. The average molecular weight is 1250 g/mol. The minimum atomic E-state index is -0.0399. The molecule has 0 spiro atoms. The second-order valence-electron chi connectivity index (χ2n) is 24.3. The Kier molecular flexibility index (Phi) is 23.5. The Morgan fingerprint density at radius 3 is 1.25 bits per heavy atom. The number of aromatic nitrogens is 9. The highest BCUT2D eigenvalue weighted by atomic mass is 35.5. The molecule has 18 nitrogen and oxygen atoms in total. The maximum atomic E-state index is 10.7. The summed E-state index contributed by atoms with van der Waals surface area (Å²) >= 11 is 19.7. The summed E-state index contributed by atoms with van der Waals surface area (Å²) in [5.74, 6) is 2.27. The standard InChI is InChI=1S/C20H23ClN4.C17H16ClN3O.C17H14ClN3O.C9H19NO.C3H7NO.CO2/c1-2-11-22-12-14-5-7-16(8-6-14)17-9-10-18-20(19(17)21)23-24-25(18)13-15-3-4-15;2*18-16-14(13-5-3-12(10-22)4-6-13)7-8-15-17(16)19-20-21(15)9-11-1-2-11;1-8(2)6-5-7-9(3,4)10(8)11;1-3(5)2-4;2-1-3/h5-10,15,22H,2-4,11-13H2,1H3;3-8,11,22H,1-2,9-10H2;3-8,10-11H,1-2,9H2;11H,5-7H2,1-4H3;2,4H2,1H3;. The Morgan fingerprint density at radius 2 is 0.955 bits per heavy atom. The molecular formula is C67H79Cl3N12O6. The van der Waals surface area contributed by atoms with Gasteiger partial charge in [0.2, 0.25) is 0 Å². The van der Waals surface area contributed by atoms with Crippen LogP contribution in [-0.2, 0) is 47.2 Å². The number of hydrogen-bond acceptors (Lipinski definition) is 15. The molecule has 88 heavy (non-hydrogen) atoms. The zero-order chi connectivity index (χ0) is 63.1. The van der Waals surface area contributed by atoms with Crippen LogP contribution >= 0.6 is 34.8 Å². The molecule has 1 saturated heterocycles. The van der Waals surface area contributed by atoms with E-state index in [0.29, 0.717) is 20.6 Å². The molecule has 464 valence electrons. The summed E-state index contributed by atoms with van der Waals surface area (Å²) in [6.45, 7) is 16.9. The maximum absolute atomic E-state index is 10.7. The number of nitrogens with zero attached hydrogens (tertiary/aromatic N) is 10. The normalized spacial score (nSPS) is 15.6. The summed E-state index contributed by atoms with van der Waals surface area (Å²) in [5.41, 5.74) is 18.8. The van der Waals surface area contributed by atoms with Gasteiger partial charge in [-0.2, -0.15) is 14.7 Å². The van der Waals surface area contributed by atoms with Crippen LogP contribution in [0.2, 0.25) is 15.1 Å². The van der Waals surface area contributed by atoms with Crippen molar-refractivity contribution in [1.29, 1.82) is 0 Å². The van der Waals surface area contributed by atoms with Crippen LogP contribution in [0.15, 0.2) is 109 Å². The monoisotopic (exact) mass is 1250 g/mol. The number of hydrogen-bond donors (Lipinski definition) is 4. The fourth-order valence-electron chi connectivity index (χ4n) is 10.4. The Hall–Kier alpha value is -7.09. The molecule has 0 unspecified atom stereocenters. The lowest BCUT2D eigenvalue weighted by Gasteiger charge is -2.48. The number of rotatable bonds is 16. The second-order valence-corrected chi connectivity index (χ2v) is 25.4. The van der Waals surface area contributed by atoms with Gasteiger partial charge in [0.05, 0.1) is 44.8 Å². The first-order valence-corrected chi connectivity index (χ1v) is 31.3. The van der Waals surface area contributed by atoms with E-state index >= 15 is 0 Å². The van der Waals surface area contributed by atoms with Crippen molar-refractivity contribution in [1.82, 2.24) is 55.4 Å². The number of fused-ring (bicyclic) bond motifs is 3. The van der Waals surface area contributed by atoms with Crippen LogP contribution in [0.1, 0.15) is 127 Å². The molecule has 3 aliphatic carbocycles. The molecule has 3 saturated carbocycles. The first-order valence-electron chi connectivity index (χ1n) is 30.1. The summed E-state index contributed by atoms with van der Waals surface area (Å²) in [6, 6.07) is 35.9. The van der Waals surface area contributed by atoms with Crippen molar-refractivity contribution in [2.75, 3.05) is 13.1 Å². The zero-order valence-corrected chi connectivity index (χ0v) is 53.2. The number of aldehydes is 1. The molecule has 3 aromatic heterocycles. The topological polar surface area (TPSA) is 242 Å². The molecule has 0 radical (unpaired) electrons. The average Bonchev–Trinajstić information content (AvgIpc) is 1.91. The quantitative estimate of drug-likeness (QED) is 0.0519. The minimum Gasteiger partial charge on any atom is -0.392 e. The van der Waals surface area contributed by atoms with Gasteiger partial charge in [-0.25, -0.2) is 14.0 Å². The fraction of sp³-hybridized carbons (Fsp3) is 0.418. The summed E-state index contributed by atoms with van der Waals surface area (Å²) in [4.78, 5) is 36.7. The van der Waals surface area contributed by atoms with Crippen molar-refractivity contribution in [2.45, 2.75) is 150 Å². The number of piperidine rings is 1. The number of ketones is 1. The van der Waals surface area contributed by atoms with E-state index < -0.39 is 0 Å². The summed E-state index contributed by atoms with van der Waals surface area (Å²) in [6.07, 6.45) is 13.3. The van der Waals surface area contributed by atoms with Gasteiger partial charge in [-0.1, -0.05) is 148 Å². The van der Waals surface area contributed by atoms with Crippen LogP contribution in [0.25, 0.3) is 66.5 Å². The molecule has 21 heteroatoms.